The van der Waals surface area contributed by atoms with Crippen molar-refractivity contribution in [2.45, 2.75) is 62.7 Å². The number of likely N-dealkylation sites (tertiary alicyclic amines) is 1. The van der Waals surface area contributed by atoms with Gasteiger partial charge in [-0.1, -0.05) is 19.3 Å². The van der Waals surface area contributed by atoms with E-state index >= 15 is 0 Å². The summed E-state index contributed by atoms with van der Waals surface area (Å²) in [6.45, 7) is 1.66. The molecule has 1 heterocycles. The van der Waals surface area contributed by atoms with Gasteiger partial charge < -0.3 is 10.2 Å². The molecule has 2 amide bonds. The number of nitrogens with zero attached hydrogens (tertiary/aromatic N) is 1. The van der Waals surface area contributed by atoms with Crippen molar-refractivity contribution in [1.82, 2.24) is 4.90 Å². The first-order valence-corrected chi connectivity index (χ1v) is 12.0. The van der Waals surface area contributed by atoms with Gasteiger partial charge in [0.1, 0.15) is 0 Å². The minimum absolute atomic E-state index is 0.114. The monoisotopic (exact) mass is 400 g/mol. The number of anilines is 1. The van der Waals surface area contributed by atoms with Crippen molar-refractivity contribution < 1.29 is 9.59 Å². The summed E-state index contributed by atoms with van der Waals surface area (Å²) in [5.74, 6) is 1.22. The molecule has 2 aliphatic carbocycles. The Bertz CT molecular complexity index is 704. The average molecular weight is 401 g/mol. The van der Waals surface area contributed by atoms with Crippen LogP contribution in [0.1, 0.15) is 57.8 Å². The van der Waals surface area contributed by atoms with Gasteiger partial charge in [-0.2, -0.15) is 0 Å². The van der Waals surface area contributed by atoms with Gasteiger partial charge in [0.15, 0.2) is 0 Å². The Morgan fingerprint density at radius 3 is 2.43 bits per heavy atom. The average Bonchev–Trinajstić information content (AvgIpc) is 3.43. The van der Waals surface area contributed by atoms with Crippen LogP contribution in [0.3, 0.4) is 0 Å². The van der Waals surface area contributed by atoms with Gasteiger partial charge >= 0.3 is 0 Å². The first-order valence-electron chi connectivity index (χ1n) is 10.8. The highest BCUT2D eigenvalue weighted by molar-refractivity contribution is 7.98. The molecule has 4 nitrogen and oxygen atoms in total. The molecule has 0 radical (unpaired) electrons. The Hall–Kier alpha value is -1.49. The molecule has 3 aliphatic rings. The van der Waals surface area contributed by atoms with Gasteiger partial charge in [-0.3, -0.25) is 9.59 Å². The van der Waals surface area contributed by atoms with E-state index in [0.29, 0.717) is 11.8 Å². The van der Waals surface area contributed by atoms with E-state index in [4.69, 9.17) is 0 Å². The smallest absolute Gasteiger partial charge is 0.228 e. The summed E-state index contributed by atoms with van der Waals surface area (Å²) in [7, 11) is 0. The third-order valence-corrected chi connectivity index (χ3v) is 7.91. The predicted octanol–water partition coefficient (Wildman–Crippen LogP) is 4.95. The van der Waals surface area contributed by atoms with Crippen LogP contribution in [-0.2, 0) is 9.59 Å². The fourth-order valence-corrected chi connectivity index (χ4v) is 5.55. The highest BCUT2D eigenvalue weighted by Gasteiger charge is 2.58. The topological polar surface area (TPSA) is 49.4 Å². The largest absolute Gasteiger partial charge is 0.343 e. The number of thioether (sulfide) groups is 1. The van der Waals surface area contributed by atoms with Crippen molar-refractivity contribution in [2.75, 3.05) is 24.7 Å². The molecule has 28 heavy (non-hydrogen) atoms. The second-order valence-electron chi connectivity index (χ2n) is 8.93. The Balaban J connectivity index is 1.24. The number of amides is 2. The van der Waals surface area contributed by atoms with Crippen LogP contribution >= 0.6 is 11.8 Å². The summed E-state index contributed by atoms with van der Waals surface area (Å²) >= 11 is 1.70. The van der Waals surface area contributed by atoms with Gasteiger partial charge in [-0.25, -0.2) is 0 Å². The first-order chi connectivity index (χ1) is 13.6. The lowest BCUT2D eigenvalue weighted by molar-refractivity contribution is -0.134. The van der Waals surface area contributed by atoms with Crippen LogP contribution in [0, 0.1) is 17.3 Å². The van der Waals surface area contributed by atoms with Crippen LogP contribution < -0.4 is 5.32 Å². The molecule has 152 valence electrons. The quantitative estimate of drug-likeness (QED) is 0.712. The maximum Gasteiger partial charge on any atom is 0.228 e. The summed E-state index contributed by atoms with van der Waals surface area (Å²) in [6, 6.07) is 8.04. The van der Waals surface area contributed by atoms with Crippen LogP contribution in [0.2, 0.25) is 0 Å². The first kappa shape index (κ1) is 19.8. The molecule has 2 saturated carbocycles. The second kappa shape index (κ2) is 8.48. The fourth-order valence-electron chi connectivity index (χ4n) is 5.14. The highest BCUT2D eigenvalue weighted by atomic mass is 32.2. The van der Waals surface area contributed by atoms with Crippen LogP contribution in [0.15, 0.2) is 29.2 Å². The van der Waals surface area contributed by atoms with E-state index in [1.807, 2.05) is 30.5 Å². The molecule has 1 N–H and O–H groups in total. The molecular weight excluding hydrogens is 368 g/mol. The molecule has 1 unspecified atom stereocenters. The van der Waals surface area contributed by atoms with Gasteiger partial charge in [0.25, 0.3) is 0 Å². The van der Waals surface area contributed by atoms with Gasteiger partial charge in [0.05, 0.1) is 0 Å². The second-order valence-corrected chi connectivity index (χ2v) is 9.81. The van der Waals surface area contributed by atoms with Crippen molar-refractivity contribution in [1.29, 1.82) is 0 Å². The van der Waals surface area contributed by atoms with Gasteiger partial charge in [0.2, 0.25) is 11.8 Å². The molecule has 0 bridgehead atoms. The number of carbonyl (C=O) groups is 2. The zero-order valence-corrected chi connectivity index (χ0v) is 17.7. The van der Waals surface area contributed by atoms with Gasteiger partial charge in [-0.05, 0) is 74.0 Å². The molecule has 1 aliphatic heterocycles. The number of hydrogen-bond acceptors (Lipinski definition) is 3. The van der Waals surface area contributed by atoms with Crippen LogP contribution in [0.5, 0.6) is 0 Å². The van der Waals surface area contributed by atoms with E-state index in [-0.39, 0.29) is 17.2 Å². The third kappa shape index (κ3) is 4.40. The minimum Gasteiger partial charge on any atom is -0.343 e. The number of piperidine rings is 1. The zero-order valence-electron chi connectivity index (χ0n) is 16.9. The molecule has 1 saturated heterocycles. The summed E-state index contributed by atoms with van der Waals surface area (Å²) in [5.41, 5.74) is 1.02. The van der Waals surface area contributed by atoms with E-state index in [1.54, 1.807) is 11.8 Å². The van der Waals surface area contributed by atoms with Crippen molar-refractivity contribution in [2.24, 2.45) is 17.3 Å². The minimum atomic E-state index is 0.114. The van der Waals surface area contributed by atoms with E-state index in [9.17, 15) is 9.59 Å². The number of carbonyl (C=O) groups excluding carboxylic acids is 2. The molecule has 5 heteroatoms. The number of benzene rings is 1. The summed E-state index contributed by atoms with van der Waals surface area (Å²) < 4.78 is 0. The van der Waals surface area contributed by atoms with E-state index in [2.05, 4.69) is 10.2 Å². The van der Waals surface area contributed by atoms with Gasteiger partial charge in [-0.15, -0.1) is 11.8 Å². The SMILES string of the molecule is CSc1ccc(NC(=O)C2CC23CCN(C(=O)CC2CCCCC2)CC3)cc1. The normalized spacial score (nSPS) is 24.2. The summed E-state index contributed by atoms with van der Waals surface area (Å²) in [5, 5.41) is 3.09. The van der Waals surface area contributed by atoms with Crippen molar-refractivity contribution in [3.63, 3.8) is 0 Å². The van der Waals surface area contributed by atoms with E-state index in [1.165, 1.54) is 37.0 Å². The van der Waals surface area contributed by atoms with Crippen molar-refractivity contribution >= 4 is 29.3 Å². The fraction of sp³-hybridized carbons (Fsp3) is 0.652. The lowest BCUT2D eigenvalue weighted by Crippen LogP contribution is -2.41. The third-order valence-electron chi connectivity index (χ3n) is 7.16. The summed E-state index contributed by atoms with van der Waals surface area (Å²) in [6.07, 6.45) is 12.1. The zero-order chi connectivity index (χ0) is 19.6. The predicted molar refractivity (Wildman–Crippen MR) is 114 cm³/mol. The lowest BCUT2D eigenvalue weighted by Gasteiger charge is -2.34. The Labute approximate surface area is 172 Å². The Morgan fingerprint density at radius 2 is 1.79 bits per heavy atom. The number of hydrogen-bond donors (Lipinski definition) is 1. The molecule has 1 spiro atoms. The Morgan fingerprint density at radius 1 is 1.11 bits per heavy atom. The van der Waals surface area contributed by atoms with Crippen molar-refractivity contribution in [3.8, 4) is 0 Å². The molecule has 1 aromatic carbocycles. The van der Waals surface area contributed by atoms with Crippen molar-refractivity contribution in [3.05, 3.63) is 24.3 Å². The number of nitrogens with one attached hydrogen (secondary N) is 1. The van der Waals surface area contributed by atoms with Crippen LogP contribution in [0.25, 0.3) is 0 Å². The standard InChI is InChI=1S/C23H32N2O2S/c1-28-19-9-7-18(8-10-19)24-22(27)20-16-23(20)11-13-25(14-12-23)21(26)15-17-5-3-2-4-6-17/h7-10,17,20H,2-6,11-16H2,1H3,(H,24,27). The Kier molecular flexibility index (Phi) is 6.00. The molecule has 4 rings (SSSR count). The van der Waals surface area contributed by atoms with Crippen LogP contribution in [0.4, 0.5) is 5.69 Å². The van der Waals surface area contributed by atoms with Gasteiger partial charge in [0, 0.05) is 36.0 Å². The maximum absolute atomic E-state index is 12.7. The van der Waals surface area contributed by atoms with Crippen LogP contribution in [-0.4, -0.2) is 36.1 Å². The van der Waals surface area contributed by atoms with E-state index < -0.39 is 0 Å². The maximum atomic E-state index is 12.7. The molecule has 3 fully saturated rings. The molecule has 1 aromatic rings. The highest BCUT2D eigenvalue weighted by Crippen LogP contribution is 2.59. The number of rotatable bonds is 5. The molecular formula is C23H32N2O2S. The van der Waals surface area contributed by atoms with E-state index in [0.717, 1.165) is 44.5 Å². The summed E-state index contributed by atoms with van der Waals surface area (Å²) in [4.78, 5) is 28.6. The lowest BCUT2D eigenvalue weighted by atomic mass is 9.86. The molecule has 1 atom stereocenters. The molecule has 0 aromatic heterocycles.